The molecule has 2 heterocycles. The molecule has 2 aromatic heterocycles. The summed E-state index contributed by atoms with van der Waals surface area (Å²) < 4.78 is 23.1. The van der Waals surface area contributed by atoms with Gasteiger partial charge >= 0.3 is 0 Å². The van der Waals surface area contributed by atoms with E-state index in [-0.39, 0.29) is 5.82 Å². The van der Waals surface area contributed by atoms with Crippen LogP contribution >= 0.6 is 0 Å². The van der Waals surface area contributed by atoms with Crippen molar-refractivity contribution in [2.75, 3.05) is 7.11 Å². The molecule has 0 N–H and O–H groups in total. The molecular formula is C31H25FN2O. The summed E-state index contributed by atoms with van der Waals surface area (Å²) in [5.74, 6) is 0.661. The number of benzene rings is 4. The Balaban J connectivity index is 1.33. The van der Waals surface area contributed by atoms with E-state index in [1.807, 2.05) is 24.3 Å². The third kappa shape index (κ3) is 4.19. The molecule has 0 aliphatic heterocycles. The number of ether oxygens (including phenoxy) is 1. The van der Waals surface area contributed by atoms with Crippen LogP contribution < -0.4 is 4.74 Å². The summed E-state index contributed by atoms with van der Waals surface area (Å²) in [6.07, 6.45) is 4.25. The topological polar surface area (TPSA) is 19.1 Å². The molecule has 0 saturated heterocycles. The third-order valence-corrected chi connectivity index (χ3v) is 6.66. The van der Waals surface area contributed by atoms with Gasteiger partial charge in [0.1, 0.15) is 11.6 Å². The van der Waals surface area contributed by atoms with Crippen molar-refractivity contribution in [1.82, 2.24) is 9.13 Å². The number of aromatic nitrogens is 2. The van der Waals surface area contributed by atoms with Gasteiger partial charge in [0, 0.05) is 36.5 Å². The van der Waals surface area contributed by atoms with Crippen LogP contribution in [0.2, 0.25) is 0 Å². The second-order valence-electron chi connectivity index (χ2n) is 8.91. The molecule has 0 aliphatic carbocycles. The molecule has 6 rings (SSSR count). The highest BCUT2D eigenvalue weighted by atomic mass is 19.1. The molecule has 6 aromatic rings. The first-order valence-corrected chi connectivity index (χ1v) is 11.7. The molecule has 172 valence electrons. The quantitative estimate of drug-likeness (QED) is 0.252. The van der Waals surface area contributed by atoms with Gasteiger partial charge in [-0.05, 0) is 81.6 Å². The van der Waals surface area contributed by atoms with Crippen molar-refractivity contribution in [2.45, 2.75) is 13.1 Å². The maximum atomic E-state index is 13.3. The fourth-order valence-corrected chi connectivity index (χ4v) is 4.72. The minimum absolute atomic E-state index is 0.208. The monoisotopic (exact) mass is 460 g/mol. The number of halogens is 1. The SMILES string of the molecule is COc1ccc(Cn2ccc3ccc(-c4ccc5ccn(Cc6ccc(F)cc6)c5c4)cc32)cc1. The van der Waals surface area contributed by atoms with Crippen molar-refractivity contribution < 1.29 is 9.13 Å². The highest BCUT2D eigenvalue weighted by molar-refractivity contribution is 5.89. The summed E-state index contributed by atoms with van der Waals surface area (Å²) >= 11 is 0. The summed E-state index contributed by atoms with van der Waals surface area (Å²) in [5, 5.41) is 2.42. The fraction of sp³-hybridized carbons (Fsp3) is 0.0968. The molecule has 0 bridgehead atoms. The lowest BCUT2D eigenvalue weighted by Gasteiger charge is -2.10. The van der Waals surface area contributed by atoms with Crippen LogP contribution in [0.1, 0.15) is 11.1 Å². The van der Waals surface area contributed by atoms with Crippen LogP contribution in [0, 0.1) is 5.82 Å². The number of nitrogens with zero attached hydrogens (tertiary/aromatic N) is 2. The van der Waals surface area contributed by atoms with E-state index in [0.29, 0.717) is 6.54 Å². The molecule has 0 atom stereocenters. The van der Waals surface area contributed by atoms with Gasteiger partial charge in [0.25, 0.3) is 0 Å². The van der Waals surface area contributed by atoms with E-state index in [0.717, 1.165) is 17.9 Å². The molecule has 0 amide bonds. The zero-order chi connectivity index (χ0) is 23.8. The molecule has 3 nitrogen and oxygen atoms in total. The van der Waals surface area contributed by atoms with Crippen LogP contribution in [-0.4, -0.2) is 16.2 Å². The van der Waals surface area contributed by atoms with Crippen LogP contribution in [-0.2, 0) is 13.1 Å². The van der Waals surface area contributed by atoms with E-state index in [1.165, 1.54) is 50.6 Å². The minimum Gasteiger partial charge on any atom is -0.497 e. The minimum atomic E-state index is -0.208. The molecule has 0 unspecified atom stereocenters. The Morgan fingerprint density at radius 3 is 1.57 bits per heavy atom. The van der Waals surface area contributed by atoms with E-state index < -0.39 is 0 Å². The molecule has 4 aromatic carbocycles. The smallest absolute Gasteiger partial charge is 0.123 e. The maximum absolute atomic E-state index is 13.3. The molecule has 35 heavy (non-hydrogen) atoms. The molecule has 0 aliphatic rings. The Kier molecular flexibility index (Phi) is 5.34. The number of fused-ring (bicyclic) bond motifs is 2. The maximum Gasteiger partial charge on any atom is 0.123 e. The normalized spacial score (nSPS) is 11.4. The first-order chi connectivity index (χ1) is 17.2. The Hall–Kier alpha value is -4.31. The average Bonchev–Trinajstić information content (AvgIpc) is 3.49. The summed E-state index contributed by atoms with van der Waals surface area (Å²) in [4.78, 5) is 0. The van der Waals surface area contributed by atoms with E-state index >= 15 is 0 Å². The summed E-state index contributed by atoms with van der Waals surface area (Å²) in [7, 11) is 1.69. The summed E-state index contributed by atoms with van der Waals surface area (Å²) in [6.45, 7) is 1.51. The lowest BCUT2D eigenvalue weighted by atomic mass is 10.0. The van der Waals surface area contributed by atoms with Gasteiger partial charge in [-0.3, -0.25) is 0 Å². The standard InChI is InChI=1S/C31H25FN2O/c1-35-29-12-4-23(5-13-29)21-34-17-15-25-7-9-27(19-31(25)34)26-8-6-24-14-16-33(30(24)18-26)20-22-2-10-28(32)11-3-22/h2-19H,20-21H2,1H3. The van der Waals surface area contributed by atoms with Crippen molar-refractivity contribution in [3.63, 3.8) is 0 Å². The Labute approximate surface area is 203 Å². The van der Waals surface area contributed by atoms with Gasteiger partial charge < -0.3 is 13.9 Å². The summed E-state index contributed by atoms with van der Waals surface area (Å²) in [5.41, 5.74) is 7.04. The van der Waals surface area contributed by atoms with Crippen molar-refractivity contribution in [3.8, 4) is 16.9 Å². The lowest BCUT2D eigenvalue weighted by Crippen LogP contribution is -1.98. The zero-order valence-corrected chi connectivity index (χ0v) is 19.5. The molecule has 0 radical (unpaired) electrons. The highest BCUT2D eigenvalue weighted by Crippen LogP contribution is 2.29. The van der Waals surface area contributed by atoms with Gasteiger partial charge in [-0.2, -0.15) is 0 Å². The Morgan fingerprint density at radius 2 is 1.09 bits per heavy atom. The van der Waals surface area contributed by atoms with Gasteiger partial charge in [0.2, 0.25) is 0 Å². The van der Waals surface area contributed by atoms with Crippen molar-refractivity contribution in [1.29, 1.82) is 0 Å². The Morgan fingerprint density at radius 1 is 0.600 bits per heavy atom. The average molecular weight is 461 g/mol. The van der Waals surface area contributed by atoms with Crippen molar-refractivity contribution in [2.24, 2.45) is 0 Å². The number of hydrogen-bond donors (Lipinski definition) is 0. The second-order valence-corrected chi connectivity index (χ2v) is 8.91. The first-order valence-electron chi connectivity index (χ1n) is 11.7. The number of methoxy groups -OCH3 is 1. The van der Waals surface area contributed by atoms with Gasteiger partial charge in [-0.15, -0.1) is 0 Å². The lowest BCUT2D eigenvalue weighted by molar-refractivity contribution is 0.414. The van der Waals surface area contributed by atoms with Crippen molar-refractivity contribution in [3.05, 3.63) is 126 Å². The summed E-state index contributed by atoms with van der Waals surface area (Å²) in [6, 6.07) is 32.5. The number of rotatable bonds is 6. The first kappa shape index (κ1) is 21.2. The predicted molar refractivity (Wildman–Crippen MR) is 140 cm³/mol. The fourth-order valence-electron chi connectivity index (χ4n) is 4.72. The van der Waals surface area contributed by atoms with Gasteiger partial charge in [-0.25, -0.2) is 4.39 Å². The molecule has 0 fully saturated rings. The largest absolute Gasteiger partial charge is 0.497 e. The van der Waals surface area contributed by atoms with Gasteiger partial charge in [0.15, 0.2) is 0 Å². The second kappa shape index (κ2) is 8.80. The molecule has 0 spiro atoms. The molecule has 4 heteroatoms. The molecular weight excluding hydrogens is 435 g/mol. The van der Waals surface area contributed by atoms with Crippen LogP contribution in [0.15, 0.2) is 109 Å². The van der Waals surface area contributed by atoms with Crippen LogP contribution in [0.4, 0.5) is 4.39 Å². The third-order valence-electron chi connectivity index (χ3n) is 6.66. The van der Waals surface area contributed by atoms with E-state index in [1.54, 1.807) is 7.11 Å². The van der Waals surface area contributed by atoms with Gasteiger partial charge in [-0.1, -0.05) is 48.5 Å². The van der Waals surface area contributed by atoms with Crippen LogP contribution in [0.25, 0.3) is 32.9 Å². The molecule has 0 saturated carbocycles. The van der Waals surface area contributed by atoms with Crippen LogP contribution in [0.5, 0.6) is 5.75 Å². The van der Waals surface area contributed by atoms with Gasteiger partial charge in [0.05, 0.1) is 7.11 Å². The highest BCUT2D eigenvalue weighted by Gasteiger charge is 2.08. The number of hydrogen-bond acceptors (Lipinski definition) is 1. The van der Waals surface area contributed by atoms with E-state index in [2.05, 4.69) is 82.2 Å². The van der Waals surface area contributed by atoms with Crippen molar-refractivity contribution >= 4 is 21.8 Å². The Bertz CT molecular complexity index is 1630. The zero-order valence-electron chi connectivity index (χ0n) is 19.5. The predicted octanol–water partition coefficient (Wildman–Crippen LogP) is 7.51. The van der Waals surface area contributed by atoms with E-state index in [9.17, 15) is 4.39 Å². The van der Waals surface area contributed by atoms with E-state index in [4.69, 9.17) is 4.74 Å². The van der Waals surface area contributed by atoms with Crippen LogP contribution in [0.3, 0.4) is 0 Å².